The first-order valence-electron chi connectivity index (χ1n) is 6.51. The molecule has 0 aliphatic rings. The molecule has 1 unspecified atom stereocenters. The summed E-state index contributed by atoms with van der Waals surface area (Å²) in [4.78, 5) is 0. The summed E-state index contributed by atoms with van der Waals surface area (Å²) in [6, 6.07) is 0. The van der Waals surface area contributed by atoms with Gasteiger partial charge >= 0.3 is 0 Å². The number of rotatable bonds is 10. The van der Waals surface area contributed by atoms with Crippen molar-refractivity contribution in [3.8, 4) is 0 Å². The van der Waals surface area contributed by atoms with Gasteiger partial charge in [-0.25, -0.2) is 0 Å². The van der Waals surface area contributed by atoms with Crippen molar-refractivity contribution in [2.45, 2.75) is 64.2 Å². The first kappa shape index (κ1) is 16.3. The molecule has 2 nitrogen and oxygen atoms in total. The minimum atomic E-state index is -0.0709. The van der Waals surface area contributed by atoms with Gasteiger partial charge in [-0.3, -0.25) is 0 Å². The topological polar surface area (TPSA) is 32.3 Å². The SMILES string of the molecule is CCCNC(C)(CO)CCCCSC(C)C. The number of hydrogen-bond donors (Lipinski definition) is 2. The van der Waals surface area contributed by atoms with Crippen LogP contribution in [-0.4, -0.2) is 34.8 Å². The van der Waals surface area contributed by atoms with Gasteiger partial charge in [-0.15, -0.1) is 0 Å². The number of aliphatic hydroxyl groups excluding tert-OH is 1. The highest BCUT2D eigenvalue weighted by molar-refractivity contribution is 7.99. The summed E-state index contributed by atoms with van der Waals surface area (Å²) >= 11 is 2.02. The van der Waals surface area contributed by atoms with Gasteiger partial charge in [0.25, 0.3) is 0 Å². The molecule has 3 heteroatoms. The molecule has 0 rings (SSSR count). The number of unbranched alkanes of at least 4 members (excludes halogenated alkanes) is 1. The molecule has 0 aromatic rings. The van der Waals surface area contributed by atoms with Crippen LogP contribution in [0.5, 0.6) is 0 Å². The lowest BCUT2D eigenvalue weighted by molar-refractivity contribution is 0.163. The van der Waals surface area contributed by atoms with Crippen molar-refractivity contribution in [1.82, 2.24) is 5.32 Å². The maximum atomic E-state index is 9.39. The first-order chi connectivity index (χ1) is 7.54. The Bertz CT molecular complexity index is 164. The second-order valence-corrected chi connectivity index (χ2v) is 6.71. The van der Waals surface area contributed by atoms with E-state index in [2.05, 4.69) is 33.0 Å². The van der Waals surface area contributed by atoms with Crippen molar-refractivity contribution in [3.05, 3.63) is 0 Å². The number of thioether (sulfide) groups is 1. The molecule has 98 valence electrons. The van der Waals surface area contributed by atoms with E-state index in [0.29, 0.717) is 0 Å². The molecule has 0 radical (unpaired) electrons. The zero-order chi connectivity index (χ0) is 12.4. The molecule has 2 N–H and O–H groups in total. The van der Waals surface area contributed by atoms with Crippen LogP contribution in [-0.2, 0) is 0 Å². The number of hydrogen-bond acceptors (Lipinski definition) is 3. The summed E-state index contributed by atoms with van der Waals surface area (Å²) in [7, 11) is 0. The van der Waals surface area contributed by atoms with Crippen LogP contribution in [0.2, 0.25) is 0 Å². The molecule has 0 aliphatic heterocycles. The molecule has 0 amide bonds. The fourth-order valence-electron chi connectivity index (χ4n) is 1.59. The molecular weight excluding hydrogens is 218 g/mol. The summed E-state index contributed by atoms with van der Waals surface area (Å²) in [6.07, 6.45) is 4.65. The third-order valence-corrected chi connectivity index (χ3v) is 3.92. The van der Waals surface area contributed by atoms with Gasteiger partial charge in [-0.2, -0.15) is 11.8 Å². The van der Waals surface area contributed by atoms with Gasteiger partial charge in [-0.1, -0.05) is 27.2 Å². The molecule has 16 heavy (non-hydrogen) atoms. The smallest absolute Gasteiger partial charge is 0.0610 e. The highest BCUT2D eigenvalue weighted by Gasteiger charge is 2.21. The van der Waals surface area contributed by atoms with Gasteiger partial charge in [-0.05, 0) is 43.7 Å². The minimum absolute atomic E-state index is 0.0709. The summed E-state index contributed by atoms with van der Waals surface area (Å²) in [5.74, 6) is 1.24. The Kier molecular flexibility index (Phi) is 9.47. The lowest BCUT2D eigenvalue weighted by atomic mass is 9.96. The van der Waals surface area contributed by atoms with Crippen molar-refractivity contribution in [2.24, 2.45) is 0 Å². The van der Waals surface area contributed by atoms with Crippen LogP contribution in [0, 0.1) is 0 Å². The predicted octanol–water partition coefficient (Wildman–Crippen LogP) is 3.05. The molecular formula is C13H29NOS. The molecule has 1 atom stereocenters. The predicted molar refractivity (Wildman–Crippen MR) is 75.2 cm³/mol. The van der Waals surface area contributed by atoms with Crippen molar-refractivity contribution in [3.63, 3.8) is 0 Å². The third kappa shape index (κ3) is 8.43. The molecule has 0 saturated heterocycles. The van der Waals surface area contributed by atoms with E-state index in [9.17, 15) is 5.11 Å². The van der Waals surface area contributed by atoms with Crippen LogP contribution in [0.3, 0.4) is 0 Å². The summed E-state index contributed by atoms with van der Waals surface area (Å²) in [5.41, 5.74) is -0.0709. The molecule has 0 aromatic heterocycles. The fourth-order valence-corrected chi connectivity index (χ4v) is 2.43. The highest BCUT2D eigenvalue weighted by Crippen LogP contribution is 2.17. The Hall–Kier alpha value is 0.270. The quantitative estimate of drug-likeness (QED) is 0.582. The van der Waals surface area contributed by atoms with Crippen LogP contribution in [0.4, 0.5) is 0 Å². The second kappa shape index (κ2) is 9.32. The normalized spacial score (nSPS) is 15.4. The van der Waals surface area contributed by atoms with E-state index >= 15 is 0 Å². The van der Waals surface area contributed by atoms with Crippen molar-refractivity contribution < 1.29 is 5.11 Å². The summed E-state index contributed by atoms with van der Waals surface area (Å²) in [6.45, 7) is 10.0. The van der Waals surface area contributed by atoms with Gasteiger partial charge in [0.1, 0.15) is 0 Å². The monoisotopic (exact) mass is 247 g/mol. The maximum Gasteiger partial charge on any atom is 0.0610 e. The Morgan fingerprint density at radius 1 is 1.31 bits per heavy atom. The van der Waals surface area contributed by atoms with E-state index in [4.69, 9.17) is 0 Å². The van der Waals surface area contributed by atoms with E-state index in [-0.39, 0.29) is 12.1 Å². The number of aliphatic hydroxyl groups is 1. The Morgan fingerprint density at radius 2 is 2.00 bits per heavy atom. The van der Waals surface area contributed by atoms with Gasteiger partial charge < -0.3 is 10.4 Å². The van der Waals surface area contributed by atoms with Gasteiger partial charge in [0.2, 0.25) is 0 Å². The third-order valence-electron chi connectivity index (χ3n) is 2.72. The fraction of sp³-hybridized carbons (Fsp3) is 1.00. The summed E-state index contributed by atoms with van der Waals surface area (Å²) in [5, 5.41) is 13.6. The Morgan fingerprint density at radius 3 is 2.50 bits per heavy atom. The molecule has 0 heterocycles. The van der Waals surface area contributed by atoms with Crippen molar-refractivity contribution >= 4 is 11.8 Å². The van der Waals surface area contributed by atoms with E-state index in [1.807, 2.05) is 11.8 Å². The lowest BCUT2D eigenvalue weighted by Crippen LogP contribution is -2.46. The standard InChI is InChI=1S/C13H29NOS/c1-5-9-14-13(4,11-15)8-6-7-10-16-12(2)3/h12,14-15H,5-11H2,1-4H3. The number of nitrogens with one attached hydrogen (secondary N) is 1. The lowest BCUT2D eigenvalue weighted by Gasteiger charge is -2.28. The Labute approximate surface area is 106 Å². The van der Waals surface area contributed by atoms with E-state index in [1.165, 1.54) is 18.6 Å². The second-order valence-electron chi connectivity index (χ2n) is 5.02. The minimum Gasteiger partial charge on any atom is -0.394 e. The highest BCUT2D eigenvalue weighted by atomic mass is 32.2. The largest absolute Gasteiger partial charge is 0.394 e. The maximum absolute atomic E-state index is 9.39. The van der Waals surface area contributed by atoms with E-state index in [1.54, 1.807) is 0 Å². The first-order valence-corrected chi connectivity index (χ1v) is 7.56. The molecule has 0 spiro atoms. The average molecular weight is 247 g/mol. The zero-order valence-electron chi connectivity index (χ0n) is 11.4. The molecule has 0 aromatic carbocycles. The van der Waals surface area contributed by atoms with Gasteiger partial charge in [0.05, 0.1) is 6.61 Å². The Balaban J connectivity index is 3.61. The molecule has 0 aliphatic carbocycles. The van der Waals surface area contributed by atoms with Gasteiger partial charge in [0.15, 0.2) is 0 Å². The molecule has 0 fully saturated rings. The molecule has 0 saturated carbocycles. The average Bonchev–Trinajstić information content (AvgIpc) is 2.25. The van der Waals surface area contributed by atoms with E-state index < -0.39 is 0 Å². The van der Waals surface area contributed by atoms with Gasteiger partial charge in [0, 0.05) is 5.54 Å². The van der Waals surface area contributed by atoms with Crippen LogP contribution < -0.4 is 5.32 Å². The van der Waals surface area contributed by atoms with Crippen molar-refractivity contribution in [1.29, 1.82) is 0 Å². The molecule has 0 bridgehead atoms. The van der Waals surface area contributed by atoms with Crippen LogP contribution in [0.25, 0.3) is 0 Å². The van der Waals surface area contributed by atoms with Crippen LogP contribution in [0.1, 0.15) is 53.4 Å². The van der Waals surface area contributed by atoms with Crippen molar-refractivity contribution in [2.75, 3.05) is 18.9 Å². The zero-order valence-corrected chi connectivity index (χ0v) is 12.2. The van der Waals surface area contributed by atoms with Crippen LogP contribution >= 0.6 is 11.8 Å². The van der Waals surface area contributed by atoms with Crippen LogP contribution in [0.15, 0.2) is 0 Å². The summed E-state index contributed by atoms with van der Waals surface area (Å²) < 4.78 is 0. The van der Waals surface area contributed by atoms with E-state index in [0.717, 1.165) is 24.6 Å².